The third-order valence-electron chi connectivity index (χ3n) is 7.37. The van der Waals surface area contributed by atoms with E-state index in [1.165, 1.54) is 35.3 Å². The molecule has 0 amide bonds. The summed E-state index contributed by atoms with van der Waals surface area (Å²) in [6.45, 7) is 8.70. The maximum absolute atomic E-state index is 4.79. The molecule has 0 unspecified atom stereocenters. The number of hydrogen-bond donors (Lipinski definition) is 2. The molecule has 6 rings (SSSR count). The molecule has 2 aromatic heterocycles. The molecule has 0 radical (unpaired) electrons. The minimum Gasteiger partial charge on any atom is -0.338 e. The van der Waals surface area contributed by atoms with E-state index >= 15 is 0 Å². The van der Waals surface area contributed by atoms with Gasteiger partial charge in [0.25, 0.3) is 0 Å². The Morgan fingerprint density at radius 3 is 2.54 bits per heavy atom. The van der Waals surface area contributed by atoms with Crippen LogP contribution in [0.3, 0.4) is 0 Å². The average molecular weight is 469 g/mol. The quantitative estimate of drug-likeness (QED) is 0.456. The molecule has 2 aliphatic heterocycles. The predicted octanol–water partition coefficient (Wildman–Crippen LogP) is 4.14. The number of likely N-dealkylation sites (tertiary alicyclic amines) is 1. The molecule has 180 valence electrons. The number of likely N-dealkylation sites (N-methyl/N-ethyl adjacent to an activating group) is 1. The lowest BCUT2D eigenvalue weighted by atomic mass is 9.96. The van der Waals surface area contributed by atoms with E-state index in [9.17, 15) is 0 Å². The fourth-order valence-corrected chi connectivity index (χ4v) is 5.31. The first-order chi connectivity index (χ1) is 16.9. The SMILES string of the molecule is Cc1cccc(C)c1Nc1nn(C)c2nc(Nc3ccc4c(c3)CN(C3CN(C)C3)CC4)ncc12. The molecule has 1 fully saturated rings. The zero-order chi connectivity index (χ0) is 24.1. The molecular weight excluding hydrogens is 436 g/mol. The molecule has 35 heavy (non-hydrogen) atoms. The van der Waals surface area contributed by atoms with Crippen molar-refractivity contribution in [2.45, 2.75) is 32.9 Å². The van der Waals surface area contributed by atoms with E-state index in [-0.39, 0.29) is 0 Å². The first-order valence-electron chi connectivity index (χ1n) is 12.3. The summed E-state index contributed by atoms with van der Waals surface area (Å²) in [5.41, 5.74) is 8.09. The summed E-state index contributed by atoms with van der Waals surface area (Å²) in [6.07, 6.45) is 2.96. The Kier molecular flexibility index (Phi) is 5.42. The van der Waals surface area contributed by atoms with Gasteiger partial charge in [-0.1, -0.05) is 24.3 Å². The molecular formula is C27H32N8. The molecule has 2 N–H and O–H groups in total. The Bertz CT molecular complexity index is 1380. The maximum atomic E-state index is 4.79. The van der Waals surface area contributed by atoms with Crippen LogP contribution in [0.15, 0.2) is 42.6 Å². The predicted molar refractivity (Wildman–Crippen MR) is 141 cm³/mol. The van der Waals surface area contributed by atoms with Crippen LogP contribution in [0.1, 0.15) is 22.3 Å². The molecule has 4 heterocycles. The molecule has 4 aromatic rings. The zero-order valence-corrected chi connectivity index (χ0v) is 20.8. The third-order valence-corrected chi connectivity index (χ3v) is 7.37. The second-order valence-electron chi connectivity index (χ2n) is 10.00. The Morgan fingerprint density at radius 1 is 0.971 bits per heavy atom. The molecule has 0 atom stereocenters. The van der Waals surface area contributed by atoms with Gasteiger partial charge in [-0.25, -0.2) is 9.67 Å². The summed E-state index contributed by atoms with van der Waals surface area (Å²) in [5.74, 6) is 1.34. The molecule has 8 heteroatoms. The van der Waals surface area contributed by atoms with E-state index in [0.717, 1.165) is 47.7 Å². The normalized spacial score (nSPS) is 16.8. The lowest BCUT2D eigenvalue weighted by Crippen LogP contribution is -2.58. The number of rotatable bonds is 5. The monoisotopic (exact) mass is 468 g/mol. The first kappa shape index (κ1) is 22.0. The number of nitrogens with one attached hydrogen (secondary N) is 2. The number of benzene rings is 2. The van der Waals surface area contributed by atoms with Crippen molar-refractivity contribution in [2.24, 2.45) is 7.05 Å². The van der Waals surface area contributed by atoms with Crippen LogP contribution in [0.5, 0.6) is 0 Å². The largest absolute Gasteiger partial charge is 0.338 e. The maximum Gasteiger partial charge on any atom is 0.229 e. The fraction of sp³-hybridized carbons (Fsp3) is 0.370. The number of nitrogens with zero attached hydrogens (tertiary/aromatic N) is 6. The van der Waals surface area contributed by atoms with E-state index < -0.39 is 0 Å². The van der Waals surface area contributed by atoms with Crippen molar-refractivity contribution in [1.82, 2.24) is 29.5 Å². The Hall–Kier alpha value is -3.49. The van der Waals surface area contributed by atoms with E-state index in [1.807, 2.05) is 13.2 Å². The van der Waals surface area contributed by atoms with Crippen molar-refractivity contribution in [3.63, 3.8) is 0 Å². The fourth-order valence-electron chi connectivity index (χ4n) is 5.31. The van der Waals surface area contributed by atoms with Gasteiger partial charge in [0.2, 0.25) is 5.95 Å². The number of para-hydroxylation sites is 1. The average Bonchev–Trinajstić information content (AvgIpc) is 3.13. The van der Waals surface area contributed by atoms with Crippen LogP contribution in [0.2, 0.25) is 0 Å². The highest BCUT2D eigenvalue weighted by molar-refractivity contribution is 5.90. The number of hydrogen-bond acceptors (Lipinski definition) is 7. The molecule has 2 aromatic carbocycles. The molecule has 1 saturated heterocycles. The van der Waals surface area contributed by atoms with Crippen LogP contribution in [-0.2, 0) is 20.0 Å². The third kappa shape index (κ3) is 4.13. The van der Waals surface area contributed by atoms with Crippen LogP contribution in [0, 0.1) is 13.8 Å². The van der Waals surface area contributed by atoms with E-state index in [0.29, 0.717) is 12.0 Å². The van der Waals surface area contributed by atoms with Gasteiger partial charge in [0.05, 0.1) is 5.39 Å². The van der Waals surface area contributed by atoms with Crippen LogP contribution in [-0.4, -0.2) is 62.3 Å². The summed E-state index contributed by atoms with van der Waals surface area (Å²) in [6, 6.07) is 13.6. The summed E-state index contributed by atoms with van der Waals surface area (Å²) in [5, 5.41) is 12.5. The zero-order valence-electron chi connectivity index (χ0n) is 20.8. The highest BCUT2D eigenvalue weighted by atomic mass is 15.3. The number of aromatic nitrogens is 4. The summed E-state index contributed by atoms with van der Waals surface area (Å²) in [7, 11) is 4.11. The standard InChI is InChI=1S/C27H32N8/c1-17-6-5-7-18(2)24(17)30-25-23-13-28-27(31-26(23)34(4)32-25)29-21-9-8-19-10-11-35(14-20(19)12-21)22-15-33(3)16-22/h5-9,12-13,22H,10-11,14-16H2,1-4H3,(H,30,32)(H,28,29,31). The van der Waals surface area contributed by atoms with Crippen molar-refractivity contribution < 1.29 is 0 Å². The molecule has 0 spiro atoms. The Balaban J connectivity index is 1.23. The van der Waals surface area contributed by atoms with Crippen LogP contribution >= 0.6 is 0 Å². The van der Waals surface area contributed by atoms with Crippen LogP contribution in [0.25, 0.3) is 11.0 Å². The second-order valence-corrected chi connectivity index (χ2v) is 10.00. The topological polar surface area (TPSA) is 74.1 Å². The molecule has 2 aliphatic rings. The highest BCUT2D eigenvalue weighted by Crippen LogP contribution is 2.30. The van der Waals surface area contributed by atoms with Gasteiger partial charge in [0.15, 0.2) is 11.5 Å². The van der Waals surface area contributed by atoms with Crippen molar-refractivity contribution >= 4 is 34.2 Å². The number of aryl methyl sites for hydroxylation is 3. The van der Waals surface area contributed by atoms with Gasteiger partial charge in [0, 0.05) is 56.8 Å². The van der Waals surface area contributed by atoms with E-state index in [4.69, 9.17) is 4.98 Å². The summed E-state index contributed by atoms with van der Waals surface area (Å²) >= 11 is 0. The lowest BCUT2D eigenvalue weighted by molar-refractivity contribution is 0.0435. The first-order valence-corrected chi connectivity index (χ1v) is 12.3. The second kappa shape index (κ2) is 8.62. The van der Waals surface area contributed by atoms with Gasteiger partial charge in [-0.05, 0) is 61.7 Å². The van der Waals surface area contributed by atoms with Gasteiger partial charge >= 0.3 is 0 Å². The van der Waals surface area contributed by atoms with E-state index in [2.05, 4.69) is 87.8 Å². The Morgan fingerprint density at radius 2 is 1.77 bits per heavy atom. The minimum absolute atomic E-state index is 0.576. The Labute approximate surface area is 206 Å². The van der Waals surface area contributed by atoms with Gasteiger partial charge in [-0.2, -0.15) is 10.1 Å². The van der Waals surface area contributed by atoms with Crippen molar-refractivity contribution in [3.05, 3.63) is 64.8 Å². The van der Waals surface area contributed by atoms with Gasteiger partial charge in [-0.15, -0.1) is 0 Å². The molecule has 8 nitrogen and oxygen atoms in total. The van der Waals surface area contributed by atoms with E-state index in [1.54, 1.807) is 4.68 Å². The number of fused-ring (bicyclic) bond motifs is 2. The van der Waals surface area contributed by atoms with Gasteiger partial charge in [0.1, 0.15) is 0 Å². The van der Waals surface area contributed by atoms with Gasteiger partial charge < -0.3 is 15.5 Å². The van der Waals surface area contributed by atoms with Crippen molar-refractivity contribution in [3.8, 4) is 0 Å². The van der Waals surface area contributed by atoms with Gasteiger partial charge in [-0.3, -0.25) is 4.90 Å². The number of anilines is 4. The molecule has 0 aliphatic carbocycles. The summed E-state index contributed by atoms with van der Waals surface area (Å²) < 4.78 is 1.80. The molecule has 0 saturated carbocycles. The van der Waals surface area contributed by atoms with Crippen molar-refractivity contribution in [1.29, 1.82) is 0 Å². The summed E-state index contributed by atoms with van der Waals surface area (Å²) in [4.78, 5) is 14.4. The minimum atomic E-state index is 0.576. The molecule has 0 bridgehead atoms. The lowest BCUT2D eigenvalue weighted by Gasteiger charge is -2.45. The highest BCUT2D eigenvalue weighted by Gasteiger charge is 2.31. The van der Waals surface area contributed by atoms with Crippen LogP contribution < -0.4 is 10.6 Å². The van der Waals surface area contributed by atoms with Crippen molar-refractivity contribution in [2.75, 3.05) is 37.3 Å². The smallest absolute Gasteiger partial charge is 0.229 e. The van der Waals surface area contributed by atoms with Crippen LogP contribution in [0.4, 0.5) is 23.1 Å².